The topological polar surface area (TPSA) is 124 Å². The van der Waals surface area contributed by atoms with Crippen LogP contribution in [-0.2, 0) is 34.0 Å². The van der Waals surface area contributed by atoms with E-state index in [1.807, 2.05) is 31.3 Å². The van der Waals surface area contributed by atoms with E-state index in [0.29, 0.717) is 19.6 Å². The van der Waals surface area contributed by atoms with E-state index in [1.165, 1.54) is 0 Å². The molecular weight excluding hydrogens is 472 g/mol. The summed E-state index contributed by atoms with van der Waals surface area (Å²) in [4.78, 5) is 40.9. The molecule has 2 saturated heterocycles. The van der Waals surface area contributed by atoms with Crippen molar-refractivity contribution in [2.75, 3.05) is 6.54 Å². The lowest BCUT2D eigenvalue weighted by atomic mass is 9.99. The molecule has 3 atom stereocenters. The SMILES string of the molecule is Cc1cn(Cc2cccc3c2CN(C(=O)C[C@@H]2C[C@@H](C(=O)N4CC(F)(F)C[C@H]4C#N)NC2=O)C3)nn1. The molecule has 3 aliphatic heterocycles. The van der Waals surface area contributed by atoms with Gasteiger partial charge in [-0.05, 0) is 30.0 Å². The number of nitrogens with zero attached hydrogens (tertiary/aromatic N) is 6. The van der Waals surface area contributed by atoms with Crippen LogP contribution in [0.1, 0.15) is 41.6 Å². The minimum atomic E-state index is -3.13. The third-order valence-corrected chi connectivity index (χ3v) is 7.05. The van der Waals surface area contributed by atoms with Gasteiger partial charge in [-0.25, -0.2) is 13.5 Å². The number of aromatic nitrogens is 3. The van der Waals surface area contributed by atoms with Gasteiger partial charge in [0.1, 0.15) is 12.1 Å². The summed E-state index contributed by atoms with van der Waals surface area (Å²) in [5, 5.41) is 19.8. The Bertz CT molecular complexity index is 1270. The van der Waals surface area contributed by atoms with Crippen LogP contribution in [0.4, 0.5) is 8.78 Å². The number of alkyl halides is 2. The van der Waals surface area contributed by atoms with E-state index >= 15 is 0 Å². The van der Waals surface area contributed by atoms with Crippen molar-refractivity contribution in [2.45, 2.75) is 63.8 Å². The molecule has 10 nitrogen and oxygen atoms in total. The average Bonchev–Trinajstić information content (AvgIpc) is 3.59. The summed E-state index contributed by atoms with van der Waals surface area (Å²) in [5.41, 5.74) is 3.92. The first-order valence-electron chi connectivity index (χ1n) is 11.8. The molecule has 0 spiro atoms. The van der Waals surface area contributed by atoms with Crippen molar-refractivity contribution >= 4 is 17.7 Å². The molecule has 5 rings (SSSR count). The van der Waals surface area contributed by atoms with Crippen molar-refractivity contribution < 1.29 is 23.2 Å². The highest BCUT2D eigenvalue weighted by Crippen LogP contribution is 2.34. The number of halogens is 2. The number of amides is 3. The molecule has 1 N–H and O–H groups in total. The number of nitrogens with one attached hydrogen (secondary N) is 1. The Labute approximate surface area is 205 Å². The van der Waals surface area contributed by atoms with Gasteiger partial charge in [0.15, 0.2) is 0 Å². The fourth-order valence-electron chi connectivity index (χ4n) is 5.25. The Morgan fingerprint density at radius 1 is 1.31 bits per heavy atom. The lowest BCUT2D eigenvalue weighted by molar-refractivity contribution is -0.135. The van der Waals surface area contributed by atoms with Gasteiger partial charge in [0.05, 0.1) is 24.9 Å². The van der Waals surface area contributed by atoms with E-state index in [0.717, 1.165) is 27.3 Å². The average molecular weight is 498 g/mol. The molecule has 12 heteroatoms. The molecule has 188 valence electrons. The maximum absolute atomic E-state index is 13.8. The maximum Gasteiger partial charge on any atom is 0.268 e. The summed E-state index contributed by atoms with van der Waals surface area (Å²) in [6, 6.07) is 5.37. The van der Waals surface area contributed by atoms with Crippen LogP contribution in [0.3, 0.4) is 0 Å². The second-order valence-corrected chi connectivity index (χ2v) is 9.73. The number of rotatable bonds is 5. The summed E-state index contributed by atoms with van der Waals surface area (Å²) in [6.07, 6.45) is 1.07. The first kappa shape index (κ1) is 23.8. The minimum Gasteiger partial charge on any atom is -0.344 e. The lowest BCUT2D eigenvalue weighted by Crippen LogP contribution is -2.46. The fourth-order valence-corrected chi connectivity index (χ4v) is 5.25. The van der Waals surface area contributed by atoms with E-state index in [2.05, 4.69) is 15.6 Å². The molecule has 2 fully saturated rings. The quantitative estimate of drug-likeness (QED) is 0.661. The minimum absolute atomic E-state index is 0.0291. The van der Waals surface area contributed by atoms with Crippen LogP contribution in [0.15, 0.2) is 24.4 Å². The van der Waals surface area contributed by atoms with Gasteiger partial charge >= 0.3 is 0 Å². The molecule has 2 aromatic rings. The summed E-state index contributed by atoms with van der Waals surface area (Å²) in [6.45, 7) is 2.37. The number of hydrogen-bond acceptors (Lipinski definition) is 6. The highest BCUT2D eigenvalue weighted by molar-refractivity contribution is 5.94. The molecule has 3 aliphatic rings. The Kier molecular flexibility index (Phi) is 5.94. The van der Waals surface area contributed by atoms with Crippen LogP contribution in [-0.4, -0.2) is 67.1 Å². The van der Waals surface area contributed by atoms with Crippen LogP contribution in [0, 0.1) is 24.2 Å². The molecule has 36 heavy (non-hydrogen) atoms. The first-order chi connectivity index (χ1) is 17.1. The van der Waals surface area contributed by atoms with Gasteiger partial charge in [-0.2, -0.15) is 5.26 Å². The van der Waals surface area contributed by atoms with E-state index in [1.54, 1.807) is 15.7 Å². The summed E-state index contributed by atoms with van der Waals surface area (Å²) in [5.74, 6) is -5.26. The van der Waals surface area contributed by atoms with Crippen LogP contribution in [0.2, 0.25) is 0 Å². The third kappa shape index (κ3) is 4.53. The predicted molar refractivity (Wildman–Crippen MR) is 120 cm³/mol. The van der Waals surface area contributed by atoms with Crippen LogP contribution < -0.4 is 5.32 Å². The molecule has 0 bridgehead atoms. The highest BCUT2D eigenvalue weighted by Gasteiger charge is 2.50. The zero-order valence-electron chi connectivity index (χ0n) is 19.7. The van der Waals surface area contributed by atoms with Crippen molar-refractivity contribution in [3.05, 3.63) is 46.8 Å². The predicted octanol–water partition coefficient (Wildman–Crippen LogP) is 1.13. The Morgan fingerprint density at radius 3 is 2.83 bits per heavy atom. The lowest BCUT2D eigenvalue weighted by Gasteiger charge is -2.22. The molecule has 1 aromatic heterocycles. The monoisotopic (exact) mass is 497 g/mol. The molecule has 1 aromatic carbocycles. The Hall–Kier alpha value is -3.88. The molecule has 4 heterocycles. The number of hydrogen-bond donors (Lipinski definition) is 1. The van der Waals surface area contributed by atoms with Crippen molar-refractivity contribution in [2.24, 2.45) is 5.92 Å². The number of likely N-dealkylation sites (tertiary alicyclic amines) is 1. The molecule has 0 saturated carbocycles. The van der Waals surface area contributed by atoms with Gasteiger partial charge in [0.25, 0.3) is 5.92 Å². The van der Waals surface area contributed by atoms with Crippen molar-refractivity contribution in [1.29, 1.82) is 5.26 Å². The van der Waals surface area contributed by atoms with Gasteiger partial charge in [0.2, 0.25) is 17.7 Å². The highest BCUT2D eigenvalue weighted by atomic mass is 19.3. The van der Waals surface area contributed by atoms with E-state index in [4.69, 9.17) is 5.26 Å². The second kappa shape index (κ2) is 8.96. The van der Waals surface area contributed by atoms with Crippen LogP contribution >= 0.6 is 0 Å². The summed E-state index contributed by atoms with van der Waals surface area (Å²) in [7, 11) is 0. The summed E-state index contributed by atoms with van der Waals surface area (Å²) < 4.78 is 29.2. The standard InChI is InChI=1S/C24H25F2N7O3/c1-14-9-32(30-29-14)11-16-4-2-3-15-10-31(12-19(15)16)21(34)6-17-5-20(28-22(17)35)23(36)33-13-24(25,26)7-18(33)8-27/h2-4,9,17-18,20H,5-7,10-13H2,1H3,(H,28,35)/t17-,18-,20-/m0/s1. The van der Waals surface area contributed by atoms with Gasteiger partial charge < -0.3 is 15.1 Å². The van der Waals surface area contributed by atoms with E-state index in [9.17, 15) is 23.2 Å². The van der Waals surface area contributed by atoms with Gasteiger partial charge in [0, 0.05) is 38.0 Å². The van der Waals surface area contributed by atoms with Crippen molar-refractivity contribution in [3.63, 3.8) is 0 Å². The maximum atomic E-state index is 13.8. The number of fused-ring (bicyclic) bond motifs is 1. The van der Waals surface area contributed by atoms with Gasteiger partial charge in [-0.15, -0.1) is 5.10 Å². The number of nitriles is 1. The molecule has 3 amide bonds. The van der Waals surface area contributed by atoms with Gasteiger partial charge in [-0.1, -0.05) is 23.4 Å². The zero-order valence-corrected chi connectivity index (χ0v) is 19.7. The van der Waals surface area contributed by atoms with Crippen LogP contribution in [0.25, 0.3) is 0 Å². The molecule has 0 radical (unpaired) electrons. The molecular formula is C24H25F2N7O3. The zero-order chi connectivity index (χ0) is 25.6. The number of benzene rings is 1. The van der Waals surface area contributed by atoms with E-state index < -0.39 is 48.7 Å². The van der Waals surface area contributed by atoms with E-state index in [-0.39, 0.29) is 18.7 Å². The third-order valence-electron chi connectivity index (χ3n) is 7.05. The van der Waals surface area contributed by atoms with Crippen LogP contribution in [0.5, 0.6) is 0 Å². The van der Waals surface area contributed by atoms with Gasteiger partial charge in [-0.3, -0.25) is 14.4 Å². The number of carbonyl (C=O) groups is 3. The largest absolute Gasteiger partial charge is 0.344 e. The molecule has 0 unspecified atom stereocenters. The summed E-state index contributed by atoms with van der Waals surface area (Å²) >= 11 is 0. The second-order valence-electron chi connectivity index (χ2n) is 9.73. The smallest absolute Gasteiger partial charge is 0.268 e. The van der Waals surface area contributed by atoms with Crippen molar-refractivity contribution in [3.8, 4) is 6.07 Å². The Morgan fingerprint density at radius 2 is 2.11 bits per heavy atom. The number of aryl methyl sites for hydroxylation is 1. The number of carbonyl (C=O) groups excluding carboxylic acids is 3. The first-order valence-corrected chi connectivity index (χ1v) is 11.8. The normalized spacial score (nSPS) is 24.5. The molecule has 0 aliphatic carbocycles. The Balaban J connectivity index is 1.21. The fraction of sp³-hybridized carbons (Fsp3) is 0.500. The van der Waals surface area contributed by atoms with Crippen molar-refractivity contribution in [1.82, 2.24) is 30.1 Å².